The zero-order valence-electron chi connectivity index (χ0n) is 23.2. The minimum atomic E-state index is -0.835. The summed E-state index contributed by atoms with van der Waals surface area (Å²) in [6, 6.07) is 5.41. The molecule has 1 aromatic carbocycles. The highest BCUT2D eigenvalue weighted by Gasteiger charge is 2.47. The number of aliphatic carboxylic acids is 1. The van der Waals surface area contributed by atoms with Gasteiger partial charge in [-0.3, -0.25) is 19.5 Å². The van der Waals surface area contributed by atoms with Crippen LogP contribution in [0.25, 0.3) is 0 Å². The number of nitrogens with one attached hydrogen (secondary N) is 1. The fraction of sp³-hybridized carbons (Fsp3) is 0.567. The normalized spacial score (nSPS) is 24.1. The number of aliphatic imine (C=N–C) groups is 1. The summed E-state index contributed by atoms with van der Waals surface area (Å²) >= 11 is 0. The zero-order chi connectivity index (χ0) is 27.6. The minimum absolute atomic E-state index is 0.0514. The first kappa shape index (κ1) is 28.8. The predicted molar refractivity (Wildman–Crippen MR) is 151 cm³/mol. The van der Waals surface area contributed by atoms with Gasteiger partial charge < -0.3 is 24.8 Å². The number of amides is 1. The van der Waals surface area contributed by atoms with Gasteiger partial charge in [0.1, 0.15) is 0 Å². The van der Waals surface area contributed by atoms with E-state index in [1.54, 1.807) is 6.20 Å². The molecular weight excluding hydrogens is 496 g/mol. The van der Waals surface area contributed by atoms with Gasteiger partial charge in [0.05, 0.1) is 12.5 Å². The molecule has 9 nitrogen and oxygen atoms in total. The van der Waals surface area contributed by atoms with Crippen LogP contribution in [0.1, 0.15) is 56.9 Å². The number of likely N-dealkylation sites (tertiary alicyclic amines) is 1. The van der Waals surface area contributed by atoms with E-state index in [9.17, 15) is 14.7 Å². The summed E-state index contributed by atoms with van der Waals surface area (Å²) in [6.45, 7) is 5.06. The van der Waals surface area contributed by atoms with Gasteiger partial charge in [-0.05, 0) is 62.9 Å². The second kappa shape index (κ2) is 14.3. The molecule has 9 heteroatoms. The number of nitrogens with zero attached hydrogens (tertiary/aromatic N) is 3. The number of carboxylic acid groups (broad SMARTS) is 1. The lowest BCUT2D eigenvalue weighted by Gasteiger charge is -2.30. The Bertz CT molecular complexity index is 1080. The Balaban J connectivity index is 1.58. The maximum Gasteiger partial charge on any atom is 0.308 e. The Labute approximate surface area is 231 Å². The quantitative estimate of drug-likeness (QED) is 0.394. The number of likely N-dealkylation sites (N-methyl/N-ethyl adjacent to an activating group) is 1. The molecule has 3 aliphatic heterocycles. The Hall–Kier alpha value is -3.17. The third-order valence-electron chi connectivity index (χ3n) is 7.88. The third kappa shape index (κ3) is 7.48. The van der Waals surface area contributed by atoms with Crippen LogP contribution in [0.2, 0.25) is 0 Å². The van der Waals surface area contributed by atoms with Crippen LogP contribution in [0, 0.1) is 5.92 Å². The first-order valence-electron chi connectivity index (χ1n) is 14.2. The molecule has 2 N–H and O–H groups in total. The fourth-order valence-electron chi connectivity index (χ4n) is 5.76. The first-order chi connectivity index (χ1) is 19.0. The van der Waals surface area contributed by atoms with Gasteiger partial charge >= 0.3 is 5.97 Å². The van der Waals surface area contributed by atoms with Gasteiger partial charge in [0.25, 0.3) is 0 Å². The van der Waals surface area contributed by atoms with Crippen molar-refractivity contribution in [2.24, 2.45) is 10.9 Å². The van der Waals surface area contributed by atoms with Gasteiger partial charge in [-0.1, -0.05) is 31.6 Å². The van der Waals surface area contributed by atoms with Gasteiger partial charge in [-0.2, -0.15) is 0 Å². The summed E-state index contributed by atoms with van der Waals surface area (Å²) in [4.78, 5) is 35.0. The number of rotatable bonds is 13. The van der Waals surface area contributed by atoms with Gasteiger partial charge in [-0.25, -0.2) is 0 Å². The molecule has 39 heavy (non-hydrogen) atoms. The maximum atomic E-state index is 13.6. The fourth-order valence-corrected chi connectivity index (χ4v) is 5.76. The van der Waals surface area contributed by atoms with Crippen LogP contribution in [-0.2, 0) is 9.59 Å². The van der Waals surface area contributed by atoms with Gasteiger partial charge in [0.2, 0.25) is 12.7 Å². The minimum Gasteiger partial charge on any atom is -0.481 e. The van der Waals surface area contributed by atoms with Crippen LogP contribution < -0.4 is 14.8 Å². The summed E-state index contributed by atoms with van der Waals surface area (Å²) in [7, 11) is 1.88. The van der Waals surface area contributed by atoms with E-state index in [2.05, 4.69) is 28.2 Å². The summed E-state index contributed by atoms with van der Waals surface area (Å²) in [6.07, 6.45) is 12.9. The van der Waals surface area contributed by atoms with Gasteiger partial charge in [-0.15, -0.1) is 0 Å². The van der Waals surface area contributed by atoms with Crippen molar-refractivity contribution in [2.45, 2.75) is 57.4 Å². The molecule has 0 spiro atoms. The van der Waals surface area contributed by atoms with Crippen molar-refractivity contribution in [3.63, 3.8) is 0 Å². The molecule has 212 valence electrons. The molecule has 4 rings (SSSR count). The number of benzene rings is 1. The summed E-state index contributed by atoms with van der Waals surface area (Å²) in [5.41, 5.74) is 1.97. The van der Waals surface area contributed by atoms with Crippen molar-refractivity contribution < 1.29 is 24.2 Å². The molecule has 1 aromatic rings. The highest BCUT2D eigenvalue weighted by Crippen LogP contribution is 2.43. The standard InChI is InChI=1S/C30H42N4O5/c1-3-4-16-33(17-15-31-2)28(35)20-34-19-24(22-10-13-26-27(18-22)39-21-38-26)29(30(36)37)25(34)12-11-23-9-7-5-6-8-14-32-23/h5-6,8,10,13-14,18,24-25,29,31H,3-4,7,9,11-12,15-17,19-21H2,1-2H3,(H,36,37)/b6-5-,14-8-,32-23?/t24-,25+,29-/m1/s1. The van der Waals surface area contributed by atoms with Crippen LogP contribution >= 0.6 is 0 Å². The zero-order valence-corrected chi connectivity index (χ0v) is 23.2. The first-order valence-corrected chi connectivity index (χ1v) is 14.2. The van der Waals surface area contributed by atoms with E-state index in [0.29, 0.717) is 44.0 Å². The lowest BCUT2D eigenvalue weighted by atomic mass is 9.83. The van der Waals surface area contributed by atoms with Crippen LogP contribution in [-0.4, -0.2) is 85.1 Å². The molecule has 1 saturated heterocycles. The lowest BCUT2D eigenvalue weighted by molar-refractivity contribution is -0.143. The van der Waals surface area contributed by atoms with E-state index >= 15 is 0 Å². The molecule has 3 aliphatic rings. The number of unbranched alkanes of at least 4 members (excludes halogenated alkanes) is 1. The van der Waals surface area contributed by atoms with E-state index in [1.165, 1.54) is 0 Å². The summed E-state index contributed by atoms with van der Waals surface area (Å²) < 4.78 is 11.1. The largest absolute Gasteiger partial charge is 0.481 e. The van der Waals surface area contributed by atoms with Crippen molar-refractivity contribution in [2.75, 3.05) is 46.6 Å². The second-order valence-electron chi connectivity index (χ2n) is 10.5. The summed E-state index contributed by atoms with van der Waals surface area (Å²) in [5, 5.41) is 13.6. The molecule has 3 heterocycles. The van der Waals surface area contributed by atoms with Crippen molar-refractivity contribution in [3.8, 4) is 11.5 Å². The highest BCUT2D eigenvalue weighted by atomic mass is 16.7. The average Bonchev–Trinajstić information content (AvgIpc) is 3.52. The molecule has 1 amide bonds. The molecule has 0 aliphatic carbocycles. The Morgan fingerprint density at radius 2 is 2.05 bits per heavy atom. The molecule has 1 fully saturated rings. The van der Waals surface area contributed by atoms with Crippen LogP contribution in [0.3, 0.4) is 0 Å². The van der Waals surface area contributed by atoms with E-state index in [-0.39, 0.29) is 31.2 Å². The van der Waals surface area contributed by atoms with Crippen molar-refractivity contribution in [1.82, 2.24) is 15.1 Å². The number of carbonyl (C=O) groups excluding carboxylic acids is 1. The Kier molecular flexibility index (Phi) is 10.6. The average molecular weight is 539 g/mol. The third-order valence-corrected chi connectivity index (χ3v) is 7.88. The van der Waals surface area contributed by atoms with Gasteiger partial charge in [0, 0.05) is 50.1 Å². The smallest absolute Gasteiger partial charge is 0.308 e. The van der Waals surface area contributed by atoms with Crippen molar-refractivity contribution >= 4 is 17.6 Å². The number of carbonyl (C=O) groups is 2. The van der Waals surface area contributed by atoms with Crippen molar-refractivity contribution in [1.29, 1.82) is 0 Å². The van der Waals surface area contributed by atoms with Gasteiger partial charge in [0.15, 0.2) is 11.5 Å². The Morgan fingerprint density at radius 1 is 1.21 bits per heavy atom. The Morgan fingerprint density at radius 3 is 2.85 bits per heavy atom. The SMILES string of the molecule is CCCCN(CCNC)C(=O)CN1C[C@H](c2ccc3c(c2)OCO3)[C@@H](C(=O)O)[C@@H]1CCC1=N/C=C\C=C/CC1. The second-order valence-corrected chi connectivity index (χ2v) is 10.5. The predicted octanol–water partition coefficient (Wildman–Crippen LogP) is 3.82. The van der Waals surface area contributed by atoms with Crippen LogP contribution in [0.15, 0.2) is 47.6 Å². The summed E-state index contributed by atoms with van der Waals surface area (Å²) in [5.74, 6) is -0.381. The van der Waals surface area contributed by atoms with Crippen LogP contribution in [0.4, 0.5) is 0 Å². The molecule has 0 aromatic heterocycles. The topological polar surface area (TPSA) is 104 Å². The number of ether oxygens (including phenoxy) is 2. The van der Waals surface area contributed by atoms with Crippen LogP contribution in [0.5, 0.6) is 11.5 Å². The number of allylic oxidation sites excluding steroid dienone is 3. The van der Waals surface area contributed by atoms with E-state index < -0.39 is 11.9 Å². The molecule has 0 radical (unpaired) electrons. The van der Waals surface area contributed by atoms with E-state index in [1.807, 2.05) is 42.3 Å². The molecular formula is C30H42N4O5. The molecule has 0 bridgehead atoms. The number of hydrogen-bond acceptors (Lipinski definition) is 7. The van der Waals surface area contributed by atoms with Crippen molar-refractivity contribution in [3.05, 3.63) is 48.2 Å². The highest BCUT2D eigenvalue weighted by molar-refractivity contribution is 5.85. The molecule has 3 atom stereocenters. The number of carboxylic acids is 1. The van der Waals surface area contributed by atoms with E-state index in [0.717, 1.165) is 43.5 Å². The number of hydrogen-bond donors (Lipinski definition) is 2. The maximum absolute atomic E-state index is 13.6. The lowest BCUT2D eigenvalue weighted by Crippen LogP contribution is -2.46. The monoisotopic (exact) mass is 538 g/mol. The molecule has 0 unspecified atom stereocenters. The van der Waals surface area contributed by atoms with E-state index in [4.69, 9.17) is 9.47 Å². The number of fused-ring (bicyclic) bond motifs is 1. The molecule has 0 saturated carbocycles.